The van der Waals surface area contributed by atoms with E-state index in [-0.39, 0.29) is 11.7 Å². The summed E-state index contributed by atoms with van der Waals surface area (Å²) in [4.78, 5) is 20.7. The minimum Gasteiger partial charge on any atom is -0.476 e. The van der Waals surface area contributed by atoms with Crippen LogP contribution in [-0.2, 0) is 9.59 Å². The van der Waals surface area contributed by atoms with Gasteiger partial charge in [-0.05, 0) is 12.8 Å². The van der Waals surface area contributed by atoms with Crippen LogP contribution in [0.3, 0.4) is 0 Å². The first-order chi connectivity index (χ1) is 6.24. The number of hydrogen-bond donors (Lipinski definition) is 2. The first-order valence-corrected chi connectivity index (χ1v) is 4.49. The highest BCUT2D eigenvalue weighted by Crippen LogP contribution is 2.17. The fraction of sp³-hybridized carbons (Fsp3) is 0.667. The molecule has 0 bridgehead atoms. The average molecular weight is 183 g/mol. The molecule has 0 aliphatic heterocycles. The van der Waals surface area contributed by atoms with E-state index in [4.69, 9.17) is 5.11 Å². The Morgan fingerprint density at radius 1 is 1.31 bits per heavy atom. The summed E-state index contributed by atoms with van der Waals surface area (Å²) >= 11 is 0. The lowest BCUT2D eigenvalue weighted by Gasteiger charge is -2.22. The van der Waals surface area contributed by atoms with Gasteiger partial charge < -0.3 is 10.4 Å². The lowest BCUT2D eigenvalue weighted by atomic mass is 9.95. The van der Waals surface area contributed by atoms with Crippen LogP contribution in [0.15, 0.2) is 5.70 Å². The minimum absolute atomic E-state index is 0.140. The molecule has 1 aliphatic carbocycles. The lowest BCUT2D eigenvalue weighted by molar-refractivity contribution is -0.133. The summed E-state index contributed by atoms with van der Waals surface area (Å²) in [6, 6.07) is 0.140. The number of carbonyl (C=O) groups is 1. The van der Waals surface area contributed by atoms with Crippen molar-refractivity contribution >= 4 is 11.9 Å². The zero-order valence-electron chi connectivity index (χ0n) is 7.38. The maximum Gasteiger partial charge on any atom is 0.363 e. The van der Waals surface area contributed by atoms with E-state index < -0.39 is 5.97 Å². The quantitative estimate of drug-likeness (QED) is 0.499. The summed E-state index contributed by atoms with van der Waals surface area (Å²) in [7, 11) is 0. The summed E-state index contributed by atoms with van der Waals surface area (Å²) in [5.41, 5.74) is -0.341. The number of carboxylic acids is 1. The molecule has 0 aromatic rings. The Labute approximate surface area is 76.6 Å². The Morgan fingerprint density at radius 3 is 2.38 bits per heavy atom. The second-order valence-electron chi connectivity index (χ2n) is 3.26. The van der Waals surface area contributed by atoms with Crippen molar-refractivity contribution < 1.29 is 14.7 Å². The molecule has 0 spiro atoms. The number of aliphatic carboxylic acids is 1. The zero-order chi connectivity index (χ0) is 9.68. The van der Waals surface area contributed by atoms with Crippen molar-refractivity contribution in [1.29, 1.82) is 0 Å². The summed E-state index contributed by atoms with van der Waals surface area (Å²) < 4.78 is 0. The second-order valence-corrected chi connectivity index (χ2v) is 3.26. The van der Waals surface area contributed by atoms with Gasteiger partial charge in [0.2, 0.25) is 5.70 Å². The molecule has 72 valence electrons. The third kappa shape index (κ3) is 2.92. The number of nitrogens with one attached hydrogen (secondary N) is 1. The summed E-state index contributed by atoms with van der Waals surface area (Å²) in [5.74, 6) is 0.183. The van der Waals surface area contributed by atoms with Crippen molar-refractivity contribution in [3.8, 4) is 0 Å². The van der Waals surface area contributed by atoms with Crippen LogP contribution in [0.4, 0.5) is 0 Å². The molecule has 0 radical (unpaired) electrons. The van der Waals surface area contributed by atoms with Crippen LogP contribution in [-0.4, -0.2) is 23.1 Å². The van der Waals surface area contributed by atoms with E-state index in [2.05, 4.69) is 5.32 Å². The van der Waals surface area contributed by atoms with Gasteiger partial charge in [-0.25, -0.2) is 9.59 Å². The molecule has 13 heavy (non-hydrogen) atoms. The molecule has 0 amide bonds. The molecule has 4 nitrogen and oxygen atoms in total. The molecule has 2 N–H and O–H groups in total. The summed E-state index contributed by atoms with van der Waals surface area (Å²) in [6.45, 7) is 0. The maximum absolute atomic E-state index is 10.4. The van der Waals surface area contributed by atoms with E-state index in [1.54, 1.807) is 0 Å². The summed E-state index contributed by atoms with van der Waals surface area (Å²) in [6.07, 6.45) is 5.29. The van der Waals surface area contributed by atoms with Gasteiger partial charge >= 0.3 is 5.97 Å². The van der Waals surface area contributed by atoms with Gasteiger partial charge in [0, 0.05) is 6.04 Å². The average Bonchev–Trinajstić information content (AvgIpc) is 2.15. The normalized spacial score (nSPS) is 17.5. The lowest BCUT2D eigenvalue weighted by Crippen LogP contribution is -2.33. The van der Waals surface area contributed by atoms with E-state index >= 15 is 0 Å². The van der Waals surface area contributed by atoms with Crippen molar-refractivity contribution in [3.63, 3.8) is 0 Å². The Balaban J connectivity index is 2.46. The smallest absolute Gasteiger partial charge is 0.363 e. The topological polar surface area (TPSA) is 66.4 Å². The number of carbonyl (C=O) groups excluding carboxylic acids is 1. The molecule has 0 aromatic heterocycles. The molecule has 1 fully saturated rings. The van der Waals surface area contributed by atoms with Gasteiger partial charge in [0.25, 0.3) is 0 Å². The van der Waals surface area contributed by atoms with Crippen molar-refractivity contribution in [2.45, 2.75) is 38.1 Å². The summed E-state index contributed by atoms with van der Waals surface area (Å²) in [5, 5.41) is 11.2. The van der Waals surface area contributed by atoms with Crippen molar-refractivity contribution in [1.82, 2.24) is 5.32 Å². The van der Waals surface area contributed by atoms with Gasteiger partial charge in [0.1, 0.15) is 0 Å². The highest BCUT2D eigenvalue weighted by Gasteiger charge is 2.17. The van der Waals surface area contributed by atoms with E-state index in [1.165, 1.54) is 12.4 Å². The molecule has 1 aliphatic rings. The Morgan fingerprint density at radius 2 is 1.92 bits per heavy atom. The minimum atomic E-state index is -1.22. The third-order valence-electron chi connectivity index (χ3n) is 2.27. The van der Waals surface area contributed by atoms with Crippen LogP contribution < -0.4 is 5.32 Å². The molecule has 0 heterocycles. The molecule has 1 rings (SSSR count). The first kappa shape index (κ1) is 9.81. The van der Waals surface area contributed by atoms with Crippen LogP contribution in [0.1, 0.15) is 32.1 Å². The van der Waals surface area contributed by atoms with Gasteiger partial charge in [-0.3, -0.25) is 0 Å². The molecular formula is C9H13NO3. The molecule has 0 unspecified atom stereocenters. The van der Waals surface area contributed by atoms with Gasteiger partial charge in [0.05, 0.1) is 0 Å². The third-order valence-corrected chi connectivity index (χ3v) is 2.27. The van der Waals surface area contributed by atoms with Crippen LogP contribution in [0, 0.1) is 0 Å². The second kappa shape index (κ2) is 4.67. The molecule has 0 atom stereocenters. The first-order valence-electron chi connectivity index (χ1n) is 4.49. The molecule has 0 aromatic carbocycles. The van der Waals surface area contributed by atoms with E-state index in [0.29, 0.717) is 0 Å². The van der Waals surface area contributed by atoms with Crippen molar-refractivity contribution in [3.05, 3.63) is 5.70 Å². The number of carboxylic acid groups (broad SMARTS) is 1. The highest BCUT2D eigenvalue weighted by atomic mass is 16.4. The van der Waals surface area contributed by atoms with Crippen LogP contribution in [0.25, 0.3) is 0 Å². The molecule has 1 saturated carbocycles. The van der Waals surface area contributed by atoms with Crippen LogP contribution >= 0.6 is 0 Å². The standard InChI is InChI=1S/C9H13NO3/c11-6-8(9(12)13)10-7-4-2-1-3-5-7/h7,10H,1-5H2,(H,12,13). The molecule has 0 saturated heterocycles. The number of rotatable bonds is 3. The van der Waals surface area contributed by atoms with Gasteiger partial charge in [0.15, 0.2) is 5.94 Å². The van der Waals surface area contributed by atoms with Crippen LogP contribution in [0.5, 0.6) is 0 Å². The van der Waals surface area contributed by atoms with E-state index in [0.717, 1.165) is 25.7 Å². The zero-order valence-corrected chi connectivity index (χ0v) is 7.38. The fourth-order valence-electron chi connectivity index (χ4n) is 1.59. The van der Waals surface area contributed by atoms with Gasteiger partial charge in [-0.1, -0.05) is 19.3 Å². The van der Waals surface area contributed by atoms with Crippen LogP contribution in [0.2, 0.25) is 0 Å². The van der Waals surface area contributed by atoms with Gasteiger partial charge in [-0.2, -0.15) is 0 Å². The Bertz CT molecular complexity index is 237. The predicted molar refractivity (Wildman–Crippen MR) is 46.9 cm³/mol. The highest BCUT2D eigenvalue weighted by molar-refractivity contribution is 5.94. The molecular weight excluding hydrogens is 170 g/mol. The van der Waals surface area contributed by atoms with Crippen molar-refractivity contribution in [2.24, 2.45) is 0 Å². The Hall–Kier alpha value is -1.28. The monoisotopic (exact) mass is 183 g/mol. The fourth-order valence-corrected chi connectivity index (χ4v) is 1.59. The maximum atomic E-state index is 10.4. The van der Waals surface area contributed by atoms with Gasteiger partial charge in [-0.15, -0.1) is 0 Å². The van der Waals surface area contributed by atoms with E-state index in [1.807, 2.05) is 0 Å². The van der Waals surface area contributed by atoms with E-state index in [9.17, 15) is 9.59 Å². The largest absolute Gasteiger partial charge is 0.476 e. The molecule has 4 heteroatoms. The number of hydrogen-bond acceptors (Lipinski definition) is 3. The SMILES string of the molecule is O=C=C(NC1CCCCC1)C(=O)O. The predicted octanol–water partition coefficient (Wildman–Crippen LogP) is 0.709. The Kier molecular flexibility index (Phi) is 3.53. The van der Waals surface area contributed by atoms with Crippen molar-refractivity contribution in [2.75, 3.05) is 0 Å².